The molecule has 0 radical (unpaired) electrons. The summed E-state index contributed by atoms with van der Waals surface area (Å²) in [5.74, 6) is 1.89. The number of aryl methyl sites for hydroxylation is 1. The molecule has 0 heterocycles. The van der Waals surface area contributed by atoms with Crippen molar-refractivity contribution in [1.82, 2.24) is 5.32 Å². The number of ether oxygens (including phenoxy) is 2. The first-order chi connectivity index (χ1) is 10.7. The summed E-state index contributed by atoms with van der Waals surface area (Å²) in [4.78, 5) is 0. The minimum Gasteiger partial charge on any atom is -0.493 e. The lowest BCUT2D eigenvalue weighted by molar-refractivity contribution is 0.354. The van der Waals surface area contributed by atoms with Gasteiger partial charge in [-0.25, -0.2) is 0 Å². The van der Waals surface area contributed by atoms with E-state index in [0.717, 1.165) is 24.5 Å². The van der Waals surface area contributed by atoms with Crippen molar-refractivity contribution in [3.05, 3.63) is 59.2 Å². The van der Waals surface area contributed by atoms with E-state index in [9.17, 15) is 0 Å². The first kappa shape index (κ1) is 16.4. The van der Waals surface area contributed by atoms with Gasteiger partial charge in [0.1, 0.15) is 0 Å². The molecule has 0 bridgehead atoms. The average Bonchev–Trinajstić information content (AvgIpc) is 2.56. The third-order valence-electron chi connectivity index (χ3n) is 3.97. The Morgan fingerprint density at radius 3 is 2.14 bits per heavy atom. The van der Waals surface area contributed by atoms with Gasteiger partial charge >= 0.3 is 0 Å². The van der Waals surface area contributed by atoms with Crippen LogP contribution in [0.25, 0.3) is 0 Å². The molecule has 3 nitrogen and oxygen atoms in total. The molecule has 3 heteroatoms. The highest BCUT2D eigenvalue weighted by atomic mass is 16.5. The molecule has 0 aliphatic carbocycles. The number of nitrogens with one attached hydrogen (secondary N) is 1. The van der Waals surface area contributed by atoms with E-state index >= 15 is 0 Å². The molecule has 22 heavy (non-hydrogen) atoms. The Morgan fingerprint density at radius 1 is 0.909 bits per heavy atom. The molecule has 0 fully saturated rings. The molecule has 0 aliphatic rings. The summed E-state index contributed by atoms with van der Waals surface area (Å²) in [6.07, 6.45) is 1.04. The molecule has 1 N–H and O–H groups in total. The first-order valence-corrected chi connectivity index (χ1v) is 7.62. The van der Waals surface area contributed by atoms with Gasteiger partial charge in [0.05, 0.1) is 14.2 Å². The van der Waals surface area contributed by atoms with Gasteiger partial charge in [0.15, 0.2) is 11.5 Å². The Hall–Kier alpha value is -2.00. The van der Waals surface area contributed by atoms with Crippen molar-refractivity contribution in [3.63, 3.8) is 0 Å². The molecule has 1 unspecified atom stereocenters. The molecule has 2 rings (SSSR count). The Balaban J connectivity index is 2.38. The highest BCUT2D eigenvalue weighted by molar-refractivity contribution is 5.46. The second kappa shape index (κ2) is 7.85. The van der Waals surface area contributed by atoms with Gasteiger partial charge in [0.2, 0.25) is 0 Å². The molecule has 0 spiro atoms. The van der Waals surface area contributed by atoms with Crippen LogP contribution in [0.2, 0.25) is 0 Å². The summed E-state index contributed by atoms with van der Waals surface area (Å²) >= 11 is 0. The van der Waals surface area contributed by atoms with E-state index in [1.807, 2.05) is 13.1 Å². The molecule has 2 aromatic rings. The summed E-state index contributed by atoms with van der Waals surface area (Å²) in [6, 6.07) is 15.0. The Kier molecular flexibility index (Phi) is 5.84. The van der Waals surface area contributed by atoms with Crippen molar-refractivity contribution in [3.8, 4) is 11.5 Å². The van der Waals surface area contributed by atoms with Gasteiger partial charge < -0.3 is 14.8 Å². The highest BCUT2D eigenvalue weighted by Crippen LogP contribution is 2.34. The van der Waals surface area contributed by atoms with Crippen LogP contribution in [0.1, 0.15) is 29.0 Å². The van der Waals surface area contributed by atoms with Crippen LogP contribution in [-0.4, -0.2) is 27.8 Å². The molecule has 1 atom stereocenters. The average molecular weight is 299 g/mol. The van der Waals surface area contributed by atoms with Gasteiger partial charge in [0.25, 0.3) is 0 Å². The summed E-state index contributed by atoms with van der Waals surface area (Å²) in [5, 5.41) is 3.24. The van der Waals surface area contributed by atoms with Crippen LogP contribution in [0, 0.1) is 6.92 Å². The molecule has 0 saturated carbocycles. The molecule has 0 saturated heterocycles. The van der Waals surface area contributed by atoms with Crippen LogP contribution in [0.5, 0.6) is 11.5 Å². The molecule has 0 aliphatic heterocycles. The summed E-state index contributed by atoms with van der Waals surface area (Å²) in [7, 11) is 5.33. The fourth-order valence-electron chi connectivity index (χ4n) is 2.68. The van der Waals surface area contributed by atoms with Crippen LogP contribution in [0.4, 0.5) is 0 Å². The minimum atomic E-state index is 0.341. The third kappa shape index (κ3) is 3.80. The maximum Gasteiger partial charge on any atom is 0.161 e. The molecular weight excluding hydrogens is 274 g/mol. The van der Waals surface area contributed by atoms with Crippen LogP contribution in [0.15, 0.2) is 42.5 Å². The summed E-state index contributed by atoms with van der Waals surface area (Å²) in [6.45, 7) is 3.08. The van der Waals surface area contributed by atoms with Gasteiger partial charge in [-0.2, -0.15) is 0 Å². The largest absolute Gasteiger partial charge is 0.493 e. The highest BCUT2D eigenvalue weighted by Gasteiger charge is 2.16. The monoisotopic (exact) mass is 299 g/mol. The third-order valence-corrected chi connectivity index (χ3v) is 3.97. The lowest BCUT2D eigenvalue weighted by atomic mass is 9.88. The van der Waals surface area contributed by atoms with Crippen LogP contribution >= 0.6 is 0 Å². The van der Waals surface area contributed by atoms with Crippen molar-refractivity contribution < 1.29 is 9.47 Å². The second-order valence-electron chi connectivity index (χ2n) is 5.47. The molecular formula is C19H25NO2. The topological polar surface area (TPSA) is 30.5 Å². The predicted molar refractivity (Wildman–Crippen MR) is 91.1 cm³/mol. The molecule has 2 aromatic carbocycles. The van der Waals surface area contributed by atoms with Gasteiger partial charge in [-0.1, -0.05) is 35.9 Å². The number of benzene rings is 2. The minimum absolute atomic E-state index is 0.341. The SMILES string of the molecule is CNCCC(c1ccc(C)cc1)c1ccc(OC)c(OC)c1. The van der Waals surface area contributed by atoms with E-state index in [-0.39, 0.29) is 0 Å². The number of rotatable bonds is 7. The quantitative estimate of drug-likeness (QED) is 0.844. The zero-order valence-electron chi connectivity index (χ0n) is 13.8. The van der Waals surface area contributed by atoms with E-state index in [1.54, 1.807) is 14.2 Å². The van der Waals surface area contributed by atoms with E-state index in [0.29, 0.717) is 5.92 Å². The van der Waals surface area contributed by atoms with E-state index in [1.165, 1.54) is 16.7 Å². The molecule has 0 amide bonds. The summed E-state index contributed by atoms with van der Waals surface area (Å²) in [5.41, 5.74) is 3.85. The van der Waals surface area contributed by atoms with Crippen LogP contribution < -0.4 is 14.8 Å². The summed E-state index contributed by atoms with van der Waals surface area (Å²) < 4.78 is 10.8. The lowest BCUT2D eigenvalue weighted by Gasteiger charge is -2.20. The number of hydrogen-bond donors (Lipinski definition) is 1. The van der Waals surface area contributed by atoms with Gasteiger partial charge in [-0.3, -0.25) is 0 Å². The zero-order chi connectivity index (χ0) is 15.9. The Morgan fingerprint density at radius 2 is 1.55 bits per heavy atom. The normalized spacial score (nSPS) is 12.0. The van der Waals surface area contributed by atoms with Crippen LogP contribution in [0.3, 0.4) is 0 Å². The molecule has 118 valence electrons. The Labute approximate surface area is 133 Å². The van der Waals surface area contributed by atoms with Crippen LogP contribution in [-0.2, 0) is 0 Å². The Bertz CT molecular complexity index is 593. The van der Waals surface area contributed by atoms with Gasteiger partial charge in [0, 0.05) is 5.92 Å². The van der Waals surface area contributed by atoms with Crippen molar-refractivity contribution in [1.29, 1.82) is 0 Å². The standard InChI is InChI=1S/C19H25NO2/c1-14-5-7-15(8-6-14)17(11-12-20-2)16-9-10-18(21-3)19(13-16)22-4/h5-10,13,17,20H,11-12H2,1-4H3. The van der Waals surface area contributed by atoms with Crippen molar-refractivity contribution >= 4 is 0 Å². The second-order valence-corrected chi connectivity index (χ2v) is 5.47. The smallest absolute Gasteiger partial charge is 0.161 e. The lowest BCUT2D eigenvalue weighted by Crippen LogP contribution is -2.13. The molecule has 0 aromatic heterocycles. The maximum atomic E-state index is 5.45. The van der Waals surface area contributed by atoms with Gasteiger partial charge in [-0.05, 0) is 50.2 Å². The van der Waals surface area contributed by atoms with E-state index < -0.39 is 0 Å². The number of methoxy groups -OCH3 is 2. The van der Waals surface area contributed by atoms with E-state index in [4.69, 9.17) is 9.47 Å². The zero-order valence-corrected chi connectivity index (χ0v) is 13.8. The van der Waals surface area contributed by atoms with Crippen molar-refractivity contribution in [2.24, 2.45) is 0 Å². The predicted octanol–water partition coefficient (Wildman–Crippen LogP) is 3.75. The fraction of sp³-hybridized carbons (Fsp3) is 0.368. The van der Waals surface area contributed by atoms with E-state index in [2.05, 4.69) is 48.6 Å². The van der Waals surface area contributed by atoms with Gasteiger partial charge in [-0.15, -0.1) is 0 Å². The fourth-order valence-corrected chi connectivity index (χ4v) is 2.68. The first-order valence-electron chi connectivity index (χ1n) is 7.62. The maximum absolute atomic E-state index is 5.45. The van der Waals surface area contributed by atoms with Crippen molar-refractivity contribution in [2.45, 2.75) is 19.3 Å². The van der Waals surface area contributed by atoms with Crippen molar-refractivity contribution in [2.75, 3.05) is 27.8 Å². The number of hydrogen-bond acceptors (Lipinski definition) is 3.